The molecule has 0 fully saturated rings. The molecule has 86 valence electrons. The zero-order valence-electron chi connectivity index (χ0n) is 10.6. The highest BCUT2D eigenvalue weighted by atomic mass is 28.5. The highest BCUT2D eigenvalue weighted by Crippen LogP contribution is 2.15. The molecule has 0 N–H and O–H groups in total. The molecule has 0 aliphatic heterocycles. The van der Waals surface area contributed by atoms with E-state index in [4.69, 9.17) is 8.23 Å². The third-order valence-corrected chi connectivity index (χ3v) is 10.6. The molecular formula is C9H26O2Si3. The second-order valence-electron chi connectivity index (χ2n) is 5.17. The molecule has 0 aromatic carbocycles. The van der Waals surface area contributed by atoms with Gasteiger partial charge in [-0.25, -0.2) is 0 Å². The molecule has 0 saturated heterocycles. The van der Waals surface area contributed by atoms with Crippen LogP contribution in [0.3, 0.4) is 0 Å². The van der Waals surface area contributed by atoms with Crippen LogP contribution < -0.4 is 0 Å². The summed E-state index contributed by atoms with van der Waals surface area (Å²) in [5.41, 5.74) is 0. The minimum absolute atomic E-state index is 0.314. The largest absolute Gasteiger partial charge is 0.442 e. The monoisotopic (exact) mass is 250 g/mol. The summed E-state index contributed by atoms with van der Waals surface area (Å²) in [6.07, 6.45) is 2.61. The van der Waals surface area contributed by atoms with Gasteiger partial charge in [0.25, 0.3) is 0 Å². The maximum Gasteiger partial charge on any atom is 0.310 e. The Morgan fingerprint density at radius 2 is 1.64 bits per heavy atom. The Morgan fingerprint density at radius 3 is 2.07 bits per heavy atom. The molecule has 0 radical (unpaired) electrons. The smallest absolute Gasteiger partial charge is 0.310 e. The highest BCUT2D eigenvalue weighted by molar-refractivity contribution is 6.82. The lowest BCUT2D eigenvalue weighted by Crippen LogP contribution is -2.45. The first kappa shape index (κ1) is 14.6. The van der Waals surface area contributed by atoms with Crippen LogP contribution >= 0.6 is 0 Å². The Balaban J connectivity index is 3.72. The molecule has 2 nitrogen and oxygen atoms in total. The van der Waals surface area contributed by atoms with E-state index in [9.17, 15) is 0 Å². The van der Waals surface area contributed by atoms with E-state index in [1.54, 1.807) is 0 Å². The number of hydrogen-bond donors (Lipinski definition) is 0. The van der Waals surface area contributed by atoms with Gasteiger partial charge < -0.3 is 8.23 Å². The number of rotatable bonds is 7. The Kier molecular flexibility index (Phi) is 6.47. The van der Waals surface area contributed by atoms with Crippen LogP contribution in [-0.4, -0.2) is 26.6 Å². The first-order valence-corrected chi connectivity index (χ1v) is 13.4. The van der Waals surface area contributed by atoms with Crippen molar-refractivity contribution in [3.8, 4) is 0 Å². The molecule has 0 rings (SSSR count). The Bertz CT molecular complexity index is 155. The van der Waals surface area contributed by atoms with Crippen molar-refractivity contribution in [3.05, 3.63) is 0 Å². The molecule has 0 bridgehead atoms. The summed E-state index contributed by atoms with van der Waals surface area (Å²) in [7, 11) is -3.48. The standard InChI is InChI=1S/C9H26O2Si3/c1-7-8-9-12-10-14(5,6)11-13(2,3)4/h7-9,12H2,1-6H3. The summed E-state index contributed by atoms with van der Waals surface area (Å²) in [5, 5.41) is 0. The van der Waals surface area contributed by atoms with Crippen molar-refractivity contribution in [2.45, 2.75) is 58.5 Å². The van der Waals surface area contributed by atoms with Crippen LogP contribution in [0.15, 0.2) is 0 Å². The van der Waals surface area contributed by atoms with E-state index in [2.05, 4.69) is 39.7 Å². The summed E-state index contributed by atoms with van der Waals surface area (Å²) in [4.78, 5) is 0. The van der Waals surface area contributed by atoms with Gasteiger partial charge in [0.15, 0.2) is 8.32 Å². The van der Waals surface area contributed by atoms with E-state index in [1.165, 1.54) is 18.9 Å². The van der Waals surface area contributed by atoms with Gasteiger partial charge in [0.1, 0.15) is 9.76 Å². The third-order valence-electron chi connectivity index (χ3n) is 1.75. The molecule has 0 atom stereocenters. The van der Waals surface area contributed by atoms with Gasteiger partial charge in [0.2, 0.25) is 0 Å². The molecule has 0 saturated carbocycles. The van der Waals surface area contributed by atoms with Crippen molar-refractivity contribution < 1.29 is 8.23 Å². The predicted octanol–water partition coefficient (Wildman–Crippen LogP) is 2.86. The lowest BCUT2D eigenvalue weighted by atomic mass is 10.4. The van der Waals surface area contributed by atoms with Crippen LogP contribution in [0.2, 0.25) is 38.8 Å². The minimum atomic E-state index is -1.77. The first-order valence-electron chi connectivity index (χ1n) is 5.61. The number of unbranched alkanes of at least 4 members (excludes halogenated alkanes) is 1. The normalized spacial score (nSPS) is 14.1. The zero-order chi connectivity index (χ0) is 11.2. The van der Waals surface area contributed by atoms with Crippen LogP contribution in [0.1, 0.15) is 19.8 Å². The van der Waals surface area contributed by atoms with Gasteiger partial charge in [-0.05, 0) is 38.8 Å². The topological polar surface area (TPSA) is 18.5 Å². The lowest BCUT2D eigenvalue weighted by Gasteiger charge is -2.31. The molecule has 0 aliphatic carbocycles. The third kappa shape index (κ3) is 9.14. The summed E-state index contributed by atoms with van der Waals surface area (Å²) in [6, 6.07) is 1.31. The molecule has 0 unspecified atom stereocenters. The van der Waals surface area contributed by atoms with Crippen molar-refractivity contribution in [1.82, 2.24) is 0 Å². The van der Waals surface area contributed by atoms with Crippen molar-refractivity contribution in [2.75, 3.05) is 0 Å². The molecule has 0 aromatic heterocycles. The molecule has 0 aromatic rings. The van der Waals surface area contributed by atoms with Gasteiger partial charge in [-0.3, -0.25) is 0 Å². The molecule has 14 heavy (non-hydrogen) atoms. The molecule has 0 heterocycles. The quantitative estimate of drug-likeness (QED) is 0.511. The fourth-order valence-corrected chi connectivity index (χ4v) is 11.3. The maximum atomic E-state index is 6.10. The van der Waals surface area contributed by atoms with Gasteiger partial charge in [-0.1, -0.05) is 19.8 Å². The van der Waals surface area contributed by atoms with Crippen molar-refractivity contribution in [1.29, 1.82) is 0 Å². The van der Waals surface area contributed by atoms with E-state index < -0.39 is 16.9 Å². The molecule has 0 aliphatic rings. The van der Waals surface area contributed by atoms with Crippen LogP contribution in [-0.2, 0) is 8.23 Å². The molecular weight excluding hydrogens is 224 g/mol. The van der Waals surface area contributed by atoms with Crippen molar-refractivity contribution in [3.63, 3.8) is 0 Å². The average Bonchev–Trinajstić information content (AvgIpc) is 1.93. The summed E-state index contributed by atoms with van der Waals surface area (Å²) >= 11 is 0. The number of hydrogen-bond acceptors (Lipinski definition) is 2. The predicted molar refractivity (Wildman–Crippen MR) is 71.3 cm³/mol. The summed E-state index contributed by atoms with van der Waals surface area (Å²) in [6.45, 7) is 13.3. The van der Waals surface area contributed by atoms with E-state index >= 15 is 0 Å². The van der Waals surface area contributed by atoms with Crippen LogP contribution in [0.4, 0.5) is 0 Å². The zero-order valence-corrected chi connectivity index (χ0v) is 14.1. The average molecular weight is 251 g/mol. The highest BCUT2D eigenvalue weighted by Gasteiger charge is 2.30. The Morgan fingerprint density at radius 1 is 1.07 bits per heavy atom. The fourth-order valence-electron chi connectivity index (χ4n) is 1.44. The second-order valence-corrected chi connectivity index (χ2v) is 15.3. The first-order chi connectivity index (χ1) is 6.27. The summed E-state index contributed by atoms with van der Waals surface area (Å²) < 4.78 is 12.1. The SMILES string of the molecule is CCCC[SiH2]O[Si](C)(C)O[Si](C)(C)C. The summed E-state index contributed by atoms with van der Waals surface area (Å²) in [5.74, 6) is 0. The van der Waals surface area contributed by atoms with Gasteiger partial charge in [-0.15, -0.1) is 0 Å². The van der Waals surface area contributed by atoms with E-state index in [0.29, 0.717) is 0 Å². The molecule has 0 spiro atoms. The van der Waals surface area contributed by atoms with Crippen LogP contribution in [0.5, 0.6) is 0 Å². The van der Waals surface area contributed by atoms with Gasteiger partial charge in [0, 0.05) is 0 Å². The fraction of sp³-hybridized carbons (Fsp3) is 1.00. The van der Waals surface area contributed by atoms with Gasteiger partial charge >= 0.3 is 8.56 Å². The van der Waals surface area contributed by atoms with E-state index in [0.717, 1.165) is 0 Å². The second kappa shape index (κ2) is 6.22. The van der Waals surface area contributed by atoms with Gasteiger partial charge in [0.05, 0.1) is 0 Å². The lowest BCUT2D eigenvalue weighted by molar-refractivity contribution is 0.409. The minimum Gasteiger partial charge on any atom is -0.442 e. The van der Waals surface area contributed by atoms with Gasteiger partial charge in [-0.2, -0.15) is 0 Å². The van der Waals surface area contributed by atoms with Crippen LogP contribution in [0.25, 0.3) is 0 Å². The van der Waals surface area contributed by atoms with Crippen molar-refractivity contribution >= 4 is 26.6 Å². The Hall–Kier alpha value is 0.571. The van der Waals surface area contributed by atoms with Crippen LogP contribution in [0, 0.1) is 0 Å². The van der Waals surface area contributed by atoms with E-state index in [1.807, 2.05) is 0 Å². The van der Waals surface area contributed by atoms with Crippen molar-refractivity contribution in [2.24, 2.45) is 0 Å². The van der Waals surface area contributed by atoms with E-state index in [-0.39, 0.29) is 9.76 Å². The molecule has 0 amide bonds. The molecule has 5 heteroatoms. The maximum absolute atomic E-state index is 6.10. The Labute approximate surface area is 93.7 Å².